The fourth-order valence-electron chi connectivity index (χ4n) is 1.45. The number of nitrogens with zero attached hydrogens (tertiary/aromatic N) is 1. The number of carbonyl (C=O) groups excluding carboxylic acids is 1. The molecule has 0 bridgehead atoms. The van der Waals surface area contributed by atoms with E-state index in [1.54, 1.807) is 0 Å². The fourth-order valence-corrected chi connectivity index (χ4v) is 1.45. The largest absolute Gasteiger partial charge is 0.329 e. The molecule has 1 amide bonds. The number of dihydropyridines is 1. The second kappa shape index (κ2) is 2.49. The van der Waals surface area contributed by atoms with E-state index in [4.69, 9.17) is 0 Å². The maximum absolute atomic E-state index is 10.9. The van der Waals surface area contributed by atoms with Gasteiger partial charge in [-0.3, -0.25) is 9.79 Å². The zero-order valence-electron chi connectivity index (χ0n) is 6.21. The van der Waals surface area contributed by atoms with Gasteiger partial charge >= 0.3 is 0 Å². The number of hydrogen-bond donors (Lipinski definition) is 1. The van der Waals surface area contributed by atoms with Gasteiger partial charge in [-0.15, -0.1) is 0 Å². The third-order valence-corrected chi connectivity index (χ3v) is 2.07. The van der Waals surface area contributed by atoms with Gasteiger partial charge in [-0.05, 0) is 12.5 Å². The molecular weight excluding hydrogens is 140 g/mol. The molecule has 1 atom stereocenters. The van der Waals surface area contributed by atoms with Crippen molar-refractivity contribution in [3.63, 3.8) is 0 Å². The first-order valence-corrected chi connectivity index (χ1v) is 3.86. The Morgan fingerprint density at radius 3 is 3.45 bits per heavy atom. The van der Waals surface area contributed by atoms with Gasteiger partial charge in [0.1, 0.15) is 0 Å². The average molecular weight is 150 g/mol. The van der Waals surface area contributed by atoms with Gasteiger partial charge in [0.2, 0.25) is 5.91 Å². The molecule has 3 heteroatoms. The topological polar surface area (TPSA) is 41.5 Å². The Bertz CT molecular complexity index is 242. The molecular formula is C8H10N2O. The monoisotopic (exact) mass is 150 g/mol. The van der Waals surface area contributed by atoms with Crippen molar-refractivity contribution in [2.75, 3.05) is 6.54 Å². The van der Waals surface area contributed by atoms with Crippen LogP contribution in [0.15, 0.2) is 16.8 Å². The summed E-state index contributed by atoms with van der Waals surface area (Å²) in [6.45, 7) is 0.714. The SMILES string of the molecule is O=C1CCC2C=NCC=C2N1. The van der Waals surface area contributed by atoms with E-state index in [1.807, 2.05) is 12.3 Å². The van der Waals surface area contributed by atoms with E-state index in [-0.39, 0.29) is 5.91 Å². The van der Waals surface area contributed by atoms with Gasteiger partial charge in [0.05, 0.1) is 6.54 Å². The van der Waals surface area contributed by atoms with E-state index in [0.29, 0.717) is 18.9 Å². The molecule has 1 fully saturated rings. The van der Waals surface area contributed by atoms with Crippen LogP contribution >= 0.6 is 0 Å². The van der Waals surface area contributed by atoms with Crippen LogP contribution in [0.5, 0.6) is 0 Å². The van der Waals surface area contributed by atoms with Crippen LogP contribution in [0, 0.1) is 5.92 Å². The number of fused-ring (bicyclic) bond motifs is 1. The number of piperidine rings is 1. The summed E-state index contributed by atoms with van der Waals surface area (Å²) in [4.78, 5) is 15.1. The zero-order chi connectivity index (χ0) is 7.68. The van der Waals surface area contributed by atoms with Gasteiger partial charge in [-0.1, -0.05) is 0 Å². The Kier molecular flexibility index (Phi) is 1.49. The number of hydrogen-bond acceptors (Lipinski definition) is 2. The summed E-state index contributed by atoms with van der Waals surface area (Å²) < 4.78 is 0. The lowest BCUT2D eigenvalue weighted by Gasteiger charge is -2.24. The van der Waals surface area contributed by atoms with Crippen LogP contribution in [0.25, 0.3) is 0 Å². The van der Waals surface area contributed by atoms with Gasteiger partial charge in [-0.2, -0.15) is 0 Å². The lowest BCUT2D eigenvalue weighted by molar-refractivity contribution is -0.121. The number of nitrogens with one attached hydrogen (secondary N) is 1. The fraction of sp³-hybridized carbons (Fsp3) is 0.500. The normalized spacial score (nSPS) is 28.9. The van der Waals surface area contributed by atoms with E-state index in [9.17, 15) is 4.79 Å². The molecule has 1 N–H and O–H groups in total. The average Bonchev–Trinajstić information content (AvgIpc) is 2.04. The van der Waals surface area contributed by atoms with Crippen molar-refractivity contribution in [2.24, 2.45) is 10.9 Å². The summed E-state index contributed by atoms with van der Waals surface area (Å²) in [5, 5.41) is 2.85. The minimum atomic E-state index is 0.141. The predicted octanol–water partition coefficient (Wildman–Crippen LogP) is 0.481. The van der Waals surface area contributed by atoms with E-state index in [2.05, 4.69) is 10.3 Å². The highest BCUT2D eigenvalue weighted by Crippen LogP contribution is 2.20. The zero-order valence-corrected chi connectivity index (χ0v) is 6.21. The molecule has 1 unspecified atom stereocenters. The summed E-state index contributed by atoms with van der Waals surface area (Å²) in [5.41, 5.74) is 1.05. The third kappa shape index (κ3) is 1.18. The minimum absolute atomic E-state index is 0.141. The predicted molar refractivity (Wildman–Crippen MR) is 42.3 cm³/mol. The molecule has 11 heavy (non-hydrogen) atoms. The van der Waals surface area contributed by atoms with Gasteiger partial charge in [0.25, 0.3) is 0 Å². The van der Waals surface area contributed by atoms with Crippen molar-refractivity contribution in [1.29, 1.82) is 0 Å². The van der Waals surface area contributed by atoms with Crippen molar-refractivity contribution in [3.05, 3.63) is 11.8 Å². The summed E-state index contributed by atoms with van der Waals surface area (Å²) in [7, 11) is 0. The van der Waals surface area contributed by atoms with Crippen LogP contribution in [-0.2, 0) is 4.79 Å². The quantitative estimate of drug-likeness (QED) is 0.536. The first-order chi connectivity index (χ1) is 5.36. The van der Waals surface area contributed by atoms with Crippen LogP contribution in [0.2, 0.25) is 0 Å². The number of amides is 1. The van der Waals surface area contributed by atoms with Crippen LogP contribution < -0.4 is 5.32 Å². The summed E-state index contributed by atoms with van der Waals surface area (Å²) in [6, 6.07) is 0. The van der Waals surface area contributed by atoms with Gasteiger partial charge < -0.3 is 5.32 Å². The molecule has 0 saturated carbocycles. The van der Waals surface area contributed by atoms with E-state index in [1.165, 1.54) is 0 Å². The summed E-state index contributed by atoms with van der Waals surface area (Å²) >= 11 is 0. The molecule has 0 aromatic carbocycles. The molecule has 2 rings (SSSR count). The first kappa shape index (κ1) is 6.58. The first-order valence-electron chi connectivity index (χ1n) is 3.86. The highest BCUT2D eigenvalue weighted by molar-refractivity contribution is 5.82. The molecule has 0 spiro atoms. The number of carbonyl (C=O) groups is 1. The van der Waals surface area contributed by atoms with Gasteiger partial charge in [0.15, 0.2) is 0 Å². The Labute approximate surface area is 65.2 Å². The van der Waals surface area contributed by atoms with Gasteiger partial charge in [-0.25, -0.2) is 0 Å². The molecule has 2 heterocycles. The molecule has 0 aromatic heterocycles. The molecule has 2 aliphatic heterocycles. The molecule has 0 aromatic rings. The van der Waals surface area contributed by atoms with Crippen LogP contribution in [0.3, 0.4) is 0 Å². The Morgan fingerprint density at radius 1 is 1.64 bits per heavy atom. The summed E-state index contributed by atoms with van der Waals surface area (Å²) in [6.07, 6.45) is 5.48. The molecule has 0 radical (unpaired) electrons. The smallest absolute Gasteiger partial charge is 0.224 e. The van der Waals surface area contributed by atoms with Crippen LogP contribution in [0.1, 0.15) is 12.8 Å². The van der Waals surface area contributed by atoms with E-state index in [0.717, 1.165) is 12.1 Å². The third-order valence-electron chi connectivity index (χ3n) is 2.07. The van der Waals surface area contributed by atoms with E-state index >= 15 is 0 Å². The lowest BCUT2D eigenvalue weighted by atomic mass is 9.95. The van der Waals surface area contributed by atoms with Crippen molar-refractivity contribution < 1.29 is 4.79 Å². The van der Waals surface area contributed by atoms with Crippen LogP contribution in [0.4, 0.5) is 0 Å². The Morgan fingerprint density at radius 2 is 2.55 bits per heavy atom. The van der Waals surface area contributed by atoms with Crippen molar-refractivity contribution in [2.45, 2.75) is 12.8 Å². The van der Waals surface area contributed by atoms with Crippen molar-refractivity contribution in [1.82, 2.24) is 5.32 Å². The van der Waals surface area contributed by atoms with Crippen LogP contribution in [-0.4, -0.2) is 18.7 Å². The van der Waals surface area contributed by atoms with Gasteiger partial charge in [0, 0.05) is 24.3 Å². The maximum atomic E-state index is 10.9. The maximum Gasteiger partial charge on any atom is 0.224 e. The Hall–Kier alpha value is -1.12. The number of rotatable bonds is 0. The van der Waals surface area contributed by atoms with Crippen molar-refractivity contribution >= 4 is 12.1 Å². The second-order valence-electron chi connectivity index (χ2n) is 2.87. The molecule has 0 aliphatic carbocycles. The highest BCUT2D eigenvalue weighted by Gasteiger charge is 2.22. The highest BCUT2D eigenvalue weighted by atomic mass is 16.1. The molecule has 2 aliphatic rings. The molecule has 1 saturated heterocycles. The molecule has 58 valence electrons. The van der Waals surface area contributed by atoms with Crippen molar-refractivity contribution in [3.8, 4) is 0 Å². The molecule has 3 nitrogen and oxygen atoms in total. The Balaban J connectivity index is 2.17. The number of allylic oxidation sites excluding steroid dienone is 1. The van der Waals surface area contributed by atoms with E-state index < -0.39 is 0 Å². The second-order valence-corrected chi connectivity index (χ2v) is 2.87. The summed E-state index contributed by atoms with van der Waals surface area (Å²) in [5.74, 6) is 0.518. The number of aliphatic imine (C=N–C) groups is 1. The lowest BCUT2D eigenvalue weighted by Crippen LogP contribution is -2.34. The minimum Gasteiger partial charge on any atom is -0.329 e. The standard InChI is InChI=1S/C8H10N2O/c11-8-2-1-6-5-9-4-3-7(6)10-8/h3,5-6H,1-2,4H2,(H,10,11).